The van der Waals surface area contributed by atoms with Crippen molar-refractivity contribution in [3.8, 4) is 0 Å². The van der Waals surface area contributed by atoms with Gasteiger partial charge in [-0.3, -0.25) is 9.78 Å². The van der Waals surface area contributed by atoms with Crippen LogP contribution in [0.5, 0.6) is 0 Å². The van der Waals surface area contributed by atoms with E-state index in [1.165, 1.54) is 5.56 Å². The fraction of sp³-hybridized carbons (Fsp3) is 0.286. The zero-order chi connectivity index (χ0) is 12.6. The van der Waals surface area contributed by atoms with Gasteiger partial charge in [0.05, 0.1) is 11.1 Å². The molecule has 0 aliphatic rings. The van der Waals surface area contributed by atoms with Gasteiger partial charge < -0.3 is 5.73 Å². The molecule has 3 nitrogen and oxygen atoms in total. The molecule has 0 aliphatic heterocycles. The second-order valence-electron chi connectivity index (χ2n) is 5.20. The summed E-state index contributed by atoms with van der Waals surface area (Å²) in [7, 11) is 0. The van der Waals surface area contributed by atoms with Crippen molar-refractivity contribution in [3.05, 3.63) is 41.6 Å². The van der Waals surface area contributed by atoms with Crippen LogP contribution in [0.1, 0.15) is 36.7 Å². The highest BCUT2D eigenvalue weighted by Crippen LogP contribution is 2.26. The Kier molecular flexibility index (Phi) is 2.62. The van der Waals surface area contributed by atoms with Crippen molar-refractivity contribution >= 4 is 16.8 Å². The van der Waals surface area contributed by atoms with E-state index in [1.807, 2.05) is 18.2 Å². The van der Waals surface area contributed by atoms with Crippen molar-refractivity contribution in [1.29, 1.82) is 0 Å². The molecule has 2 N–H and O–H groups in total. The van der Waals surface area contributed by atoms with Gasteiger partial charge in [-0.15, -0.1) is 0 Å². The quantitative estimate of drug-likeness (QED) is 0.815. The molecule has 88 valence electrons. The maximum absolute atomic E-state index is 11.4. The first kappa shape index (κ1) is 11.6. The van der Waals surface area contributed by atoms with E-state index >= 15 is 0 Å². The molecule has 2 aromatic rings. The molecule has 1 amide bonds. The van der Waals surface area contributed by atoms with E-state index < -0.39 is 5.91 Å². The van der Waals surface area contributed by atoms with Crippen molar-refractivity contribution in [2.45, 2.75) is 26.2 Å². The van der Waals surface area contributed by atoms with Crippen LogP contribution in [0.2, 0.25) is 0 Å². The van der Waals surface area contributed by atoms with Gasteiger partial charge in [-0.2, -0.15) is 0 Å². The highest BCUT2D eigenvalue weighted by molar-refractivity contribution is 6.05. The summed E-state index contributed by atoms with van der Waals surface area (Å²) in [4.78, 5) is 15.6. The van der Waals surface area contributed by atoms with E-state index in [2.05, 4.69) is 25.8 Å². The predicted molar refractivity (Wildman–Crippen MR) is 69.0 cm³/mol. The van der Waals surface area contributed by atoms with Crippen molar-refractivity contribution in [3.63, 3.8) is 0 Å². The molecule has 3 heteroatoms. The fourth-order valence-electron chi connectivity index (χ4n) is 1.83. The Bertz CT molecular complexity index is 582. The maximum atomic E-state index is 11.4. The highest BCUT2D eigenvalue weighted by atomic mass is 16.1. The molecular formula is C14H16N2O. The van der Waals surface area contributed by atoms with E-state index in [1.54, 1.807) is 12.3 Å². The SMILES string of the molecule is CC(C)(C)c1ccc2nccc(C(N)=O)c2c1. The van der Waals surface area contributed by atoms with E-state index in [-0.39, 0.29) is 5.41 Å². The number of hydrogen-bond donors (Lipinski definition) is 1. The first-order valence-corrected chi connectivity index (χ1v) is 5.58. The zero-order valence-corrected chi connectivity index (χ0v) is 10.3. The van der Waals surface area contributed by atoms with Gasteiger partial charge in [-0.25, -0.2) is 0 Å². The third-order valence-electron chi connectivity index (χ3n) is 2.87. The van der Waals surface area contributed by atoms with Crippen LogP contribution >= 0.6 is 0 Å². The van der Waals surface area contributed by atoms with Gasteiger partial charge in [0.1, 0.15) is 0 Å². The summed E-state index contributed by atoms with van der Waals surface area (Å²) >= 11 is 0. The normalized spacial score (nSPS) is 11.7. The van der Waals surface area contributed by atoms with Gasteiger partial charge in [-0.05, 0) is 29.2 Å². The summed E-state index contributed by atoms with van der Waals surface area (Å²) in [6.07, 6.45) is 1.61. The van der Waals surface area contributed by atoms with Gasteiger partial charge in [0.15, 0.2) is 0 Å². The van der Waals surface area contributed by atoms with Crippen LogP contribution in [-0.2, 0) is 5.41 Å². The number of nitrogens with zero attached hydrogens (tertiary/aromatic N) is 1. The standard InChI is InChI=1S/C14H16N2O/c1-14(2,3)9-4-5-12-11(8-9)10(13(15)17)6-7-16-12/h4-8H,1-3H3,(H2,15,17). The molecule has 0 radical (unpaired) electrons. The molecule has 1 aromatic heterocycles. The van der Waals surface area contributed by atoms with Crippen LogP contribution in [0.3, 0.4) is 0 Å². The van der Waals surface area contributed by atoms with Crippen molar-refractivity contribution in [2.75, 3.05) is 0 Å². The summed E-state index contributed by atoms with van der Waals surface area (Å²) in [6, 6.07) is 7.64. The third-order valence-corrected chi connectivity index (χ3v) is 2.87. The summed E-state index contributed by atoms with van der Waals surface area (Å²) in [6.45, 7) is 6.40. The van der Waals surface area contributed by atoms with Gasteiger partial charge >= 0.3 is 0 Å². The lowest BCUT2D eigenvalue weighted by atomic mass is 9.86. The predicted octanol–water partition coefficient (Wildman–Crippen LogP) is 2.63. The Labute approximate surface area is 101 Å². The Hall–Kier alpha value is -1.90. The smallest absolute Gasteiger partial charge is 0.249 e. The topological polar surface area (TPSA) is 56.0 Å². The number of aromatic nitrogens is 1. The number of fused-ring (bicyclic) bond motifs is 1. The highest BCUT2D eigenvalue weighted by Gasteiger charge is 2.15. The minimum absolute atomic E-state index is 0.0406. The second-order valence-corrected chi connectivity index (χ2v) is 5.20. The van der Waals surface area contributed by atoms with Crippen molar-refractivity contribution in [2.24, 2.45) is 5.73 Å². The Morgan fingerprint density at radius 3 is 2.53 bits per heavy atom. The first-order chi connectivity index (χ1) is 7.89. The number of rotatable bonds is 1. The lowest BCUT2D eigenvalue weighted by Crippen LogP contribution is -2.14. The van der Waals surface area contributed by atoms with Crippen molar-refractivity contribution in [1.82, 2.24) is 4.98 Å². The lowest BCUT2D eigenvalue weighted by molar-refractivity contribution is 0.100. The number of primary amides is 1. The number of amides is 1. The van der Waals surface area contributed by atoms with Gasteiger partial charge in [0.25, 0.3) is 0 Å². The molecule has 1 heterocycles. The van der Waals surface area contributed by atoms with Crippen LogP contribution < -0.4 is 5.73 Å². The van der Waals surface area contributed by atoms with Gasteiger partial charge in [0, 0.05) is 11.6 Å². The average molecular weight is 228 g/mol. The number of nitrogens with two attached hydrogens (primary N) is 1. The molecular weight excluding hydrogens is 212 g/mol. The van der Waals surface area contributed by atoms with Crippen LogP contribution in [0.15, 0.2) is 30.5 Å². The summed E-state index contributed by atoms with van der Waals surface area (Å²) in [5, 5.41) is 0.826. The fourth-order valence-corrected chi connectivity index (χ4v) is 1.83. The molecule has 0 saturated heterocycles. The Morgan fingerprint density at radius 2 is 1.94 bits per heavy atom. The second kappa shape index (κ2) is 3.84. The Morgan fingerprint density at radius 1 is 1.24 bits per heavy atom. The number of carbonyl (C=O) groups is 1. The molecule has 0 atom stereocenters. The van der Waals surface area contributed by atoms with E-state index in [0.29, 0.717) is 5.56 Å². The number of carbonyl (C=O) groups excluding carboxylic acids is 1. The van der Waals surface area contributed by atoms with Crippen molar-refractivity contribution < 1.29 is 4.79 Å². The molecule has 0 fully saturated rings. The minimum atomic E-state index is -0.413. The maximum Gasteiger partial charge on any atom is 0.249 e. The summed E-state index contributed by atoms with van der Waals surface area (Å²) in [5.74, 6) is -0.413. The molecule has 0 unspecified atom stereocenters. The van der Waals surface area contributed by atoms with Gasteiger partial charge in [0.2, 0.25) is 5.91 Å². The third kappa shape index (κ3) is 2.13. The van der Waals surface area contributed by atoms with Crippen LogP contribution in [0, 0.1) is 0 Å². The summed E-state index contributed by atoms with van der Waals surface area (Å²) < 4.78 is 0. The first-order valence-electron chi connectivity index (χ1n) is 5.58. The number of hydrogen-bond acceptors (Lipinski definition) is 2. The minimum Gasteiger partial charge on any atom is -0.366 e. The molecule has 0 bridgehead atoms. The largest absolute Gasteiger partial charge is 0.366 e. The Balaban J connectivity index is 2.75. The van der Waals surface area contributed by atoms with Crippen LogP contribution in [-0.4, -0.2) is 10.9 Å². The molecule has 1 aromatic carbocycles. The molecule has 0 aliphatic carbocycles. The molecule has 0 spiro atoms. The summed E-state index contributed by atoms with van der Waals surface area (Å²) in [5.41, 5.74) is 7.91. The van der Waals surface area contributed by atoms with Crippen LogP contribution in [0.25, 0.3) is 10.9 Å². The monoisotopic (exact) mass is 228 g/mol. The number of benzene rings is 1. The van der Waals surface area contributed by atoms with E-state index in [9.17, 15) is 4.79 Å². The molecule has 2 rings (SSSR count). The lowest BCUT2D eigenvalue weighted by Gasteiger charge is -2.19. The van der Waals surface area contributed by atoms with Crippen LogP contribution in [0.4, 0.5) is 0 Å². The molecule has 0 saturated carbocycles. The van der Waals surface area contributed by atoms with E-state index in [0.717, 1.165) is 10.9 Å². The van der Waals surface area contributed by atoms with Gasteiger partial charge in [-0.1, -0.05) is 26.8 Å². The van der Waals surface area contributed by atoms with E-state index in [4.69, 9.17) is 5.73 Å². The zero-order valence-electron chi connectivity index (χ0n) is 10.3. The number of pyridine rings is 1. The molecule has 17 heavy (non-hydrogen) atoms. The average Bonchev–Trinajstić information content (AvgIpc) is 2.26.